The molecule has 210 valence electrons. The minimum Gasteiger partial charge on any atom is -0.489 e. The zero-order valence-corrected chi connectivity index (χ0v) is 22.1. The molecule has 0 spiro atoms. The van der Waals surface area contributed by atoms with Gasteiger partial charge in [-0.15, -0.1) is 0 Å². The molecule has 0 bridgehead atoms. The third kappa shape index (κ3) is 6.78. The van der Waals surface area contributed by atoms with E-state index in [9.17, 15) is 18.0 Å². The van der Waals surface area contributed by atoms with E-state index in [0.717, 1.165) is 11.1 Å². The molecule has 3 N–H and O–H groups in total. The number of carbonyl (C=O) groups excluding carboxylic acids is 1. The summed E-state index contributed by atoms with van der Waals surface area (Å²) >= 11 is 0. The molecule has 0 saturated carbocycles. The largest absolute Gasteiger partial charge is 0.489 e. The van der Waals surface area contributed by atoms with E-state index < -0.39 is 18.5 Å². The maximum Gasteiger partial charge on any atom is 0.390 e. The number of halogens is 3. The van der Waals surface area contributed by atoms with Crippen LogP contribution in [-0.2, 0) is 6.61 Å². The summed E-state index contributed by atoms with van der Waals surface area (Å²) in [7, 11) is 0. The molecule has 0 fully saturated rings. The molecule has 0 atom stereocenters. The number of hydrogen-bond donors (Lipinski definition) is 2. The Morgan fingerprint density at radius 3 is 2.39 bits per heavy atom. The van der Waals surface area contributed by atoms with Crippen molar-refractivity contribution in [1.82, 2.24) is 9.38 Å². The third-order valence-electron chi connectivity index (χ3n) is 6.40. The smallest absolute Gasteiger partial charge is 0.390 e. The number of benzene rings is 3. The molecule has 5 aromatic rings. The van der Waals surface area contributed by atoms with E-state index in [1.807, 2.05) is 36.4 Å². The molecular weight excluding hydrogens is 533 g/mol. The number of nitrogens with two attached hydrogens (primary N) is 1. The van der Waals surface area contributed by atoms with Crippen LogP contribution in [0.5, 0.6) is 17.2 Å². The van der Waals surface area contributed by atoms with Crippen LogP contribution in [0.25, 0.3) is 16.9 Å². The van der Waals surface area contributed by atoms with E-state index >= 15 is 0 Å². The van der Waals surface area contributed by atoms with Crippen molar-refractivity contribution in [1.29, 1.82) is 0 Å². The molecule has 0 radical (unpaired) electrons. The van der Waals surface area contributed by atoms with Crippen LogP contribution in [0, 0.1) is 6.92 Å². The summed E-state index contributed by atoms with van der Waals surface area (Å²) in [6.45, 7) is 1.87. The second-order valence-corrected chi connectivity index (χ2v) is 9.46. The lowest BCUT2D eigenvalue weighted by atomic mass is 10.0. The second kappa shape index (κ2) is 11.6. The lowest BCUT2D eigenvalue weighted by molar-refractivity contribution is -0.131. The maximum atomic E-state index is 12.8. The lowest BCUT2D eigenvalue weighted by Crippen LogP contribution is -2.15. The molecule has 0 unspecified atom stereocenters. The number of ether oxygens (including phenoxy) is 2. The van der Waals surface area contributed by atoms with Crippen molar-refractivity contribution < 1.29 is 27.4 Å². The predicted octanol–water partition coefficient (Wildman–Crippen LogP) is 7.14. The second-order valence-electron chi connectivity index (χ2n) is 9.46. The van der Waals surface area contributed by atoms with Crippen molar-refractivity contribution in [3.8, 4) is 28.5 Å². The normalized spacial score (nSPS) is 11.4. The van der Waals surface area contributed by atoms with E-state index in [1.165, 1.54) is 0 Å². The van der Waals surface area contributed by atoms with Gasteiger partial charge in [-0.25, -0.2) is 4.98 Å². The first-order chi connectivity index (χ1) is 19.7. The van der Waals surface area contributed by atoms with Gasteiger partial charge in [0.1, 0.15) is 23.9 Å². The standard InChI is InChI=1S/C31H27F3N4O3/c1-20-15-22(7-12-26(20)29(35)39)28-17-37-30-27(36-14-13-31(32,33)34)16-25(18-38(28)30)41-24-10-8-23(9-11-24)40-19-21-5-3-2-4-6-21/h2-12,15-18,36H,13-14,19H2,1H3,(H2,35,39). The number of rotatable bonds is 10. The van der Waals surface area contributed by atoms with Crippen molar-refractivity contribution >= 4 is 17.2 Å². The topological polar surface area (TPSA) is 90.9 Å². The average Bonchev–Trinajstić information content (AvgIpc) is 3.36. The molecule has 0 aliphatic rings. The summed E-state index contributed by atoms with van der Waals surface area (Å²) in [5, 5.41) is 2.85. The molecule has 0 aliphatic heterocycles. The van der Waals surface area contributed by atoms with Crippen LogP contribution in [0.1, 0.15) is 27.9 Å². The summed E-state index contributed by atoms with van der Waals surface area (Å²) in [6, 6.07) is 23.7. The molecule has 5 rings (SSSR count). The molecule has 2 aromatic heterocycles. The van der Waals surface area contributed by atoms with Crippen LogP contribution in [-0.4, -0.2) is 28.0 Å². The molecule has 0 saturated heterocycles. The van der Waals surface area contributed by atoms with Gasteiger partial charge < -0.3 is 20.5 Å². The van der Waals surface area contributed by atoms with Crippen LogP contribution in [0.2, 0.25) is 0 Å². The van der Waals surface area contributed by atoms with Crippen molar-refractivity contribution in [2.45, 2.75) is 26.1 Å². The summed E-state index contributed by atoms with van der Waals surface area (Å²) in [5.41, 5.74) is 9.80. The van der Waals surface area contributed by atoms with Crippen molar-refractivity contribution in [2.24, 2.45) is 5.73 Å². The molecule has 3 aromatic carbocycles. The minimum absolute atomic E-state index is 0.329. The van der Waals surface area contributed by atoms with Crippen LogP contribution in [0.3, 0.4) is 0 Å². The molecule has 7 nitrogen and oxygen atoms in total. The number of anilines is 1. The van der Waals surface area contributed by atoms with Gasteiger partial charge in [-0.05, 0) is 54.4 Å². The maximum absolute atomic E-state index is 12.8. The third-order valence-corrected chi connectivity index (χ3v) is 6.40. The number of pyridine rings is 1. The number of aryl methyl sites for hydroxylation is 1. The number of hydrogen-bond acceptors (Lipinski definition) is 5. The number of nitrogens with one attached hydrogen (secondary N) is 1. The molecule has 2 heterocycles. The van der Waals surface area contributed by atoms with E-state index in [4.69, 9.17) is 15.2 Å². The fourth-order valence-electron chi connectivity index (χ4n) is 4.38. The Morgan fingerprint density at radius 2 is 1.71 bits per heavy atom. The molecule has 10 heteroatoms. The lowest BCUT2D eigenvalue weighted by Gasteiger charge is -2.14. The molecule has 0 aliphatic carbocycles. The van der Waals surface area contributed by atoms with Crippen LogP contribution >= 0.6 is 0 Å². The minimum atomic E-state index is -4.30. The van der Waals surface area contributed by atoms with Gasteiger partial charge in [0, 0.05) is 23.7 Å². The zero-order chi connectivity index (χ0) is 29.0. The fraction of sp³-hybridized carbons (Fsp3) is 0.161. The first kappa shape index (κ1) is 27.6. The number of aromatic nitrogens is 2. The molecular formula is C31H27F3N4O3. The Morgan fingerprint density at radius 1 is 0.976 bits per heavy atom. The van der Waals surface area contributed by atoms with Crippen LogP contribution < -0.4 is 20.5 Å². The zero-order valence-electron chi connectivity index (χ0n) is 22.1. The SMILES string of the molecule is Cc1cc(-c2cnc3c(NCCC(F)(F)F)cc(Oc4ccc(OCc5ccccc5)cc4)cn23)ccc1C(N)=O. The van der Waals surface area contributed by atoms with Crippen LogP contribution in [0.15, 0.2) is 91.3 Å². The highest BCUT2D eigenvalue weighted by Gasteiger charge is 2.26. The average molecular weight is 561 g/mol. The predicted molar refractivity (Wildman–Crippen MR) is 150 cm³/mol. The number of fused-ring (bicyclic) bond motifs is 1. The number of carbonyl (C=O) groups is 1. The van der Waals surface area contributed by atoms with Crippen molar-refractivity contribution in [3.63, 3.8) is 0 Å². The molecule has 41 heavy (non-hydrogen) atoms. The summed E-state index contributed by atoms with van der Waals surface area (Å²) in [4.78, 5) is 16.1. The van der Waals surface area contributed by atoms with Gasteiger partial charge >= 0.3 is 6.18 Å². The van der Waals surface area contributed by atoms with Gasteiger partial charge in [0.2, 0.25) is 5.91 Å². The van der Waals surface area contributed by atoms with E-state index in [1.54, 1.807) is 66.2 Å². The van der Waals surface area contributed by atoms with E-state index in [-0.39, 0.29) is 6.54 Å². The fourth-order valence-corrected chi connectivity index (χ4v) is 4.38. The monoisotopic (exact) mass is 560 g/mol. The van der Waals surface area contributed by atoms with E-state index in [2.05, 4.69) is 10.3 Å². The Labute approximate surface area is 234 Å². The highest BCUT2D eigenvalue weighted by atomic mass is 19.4. The van der Waals surface area contributed by atoms with Crippen molar-refractivity contribution in [2.75, 3.05) is 11.9 Å². The Hall–Kier alpha value is -4.99. The van der Waals surface area contributed by atoms with Crippen molar-refractivity contribution in [3.05, 3.63) is 108 Å². The van der Waals surface area contributed by atoms with Gasteiger partial charge in [-0.1, -0.05) is 36.4 Å². The van der Waals surface area contributed by atoms with Gasteiger partial charge in [-0.2, -0.15) is 13.2 Å². The number of amides is 1. The van der Waals surface area contributed by atoms with Gasteiger partial charge in [0.15, 0.2) is 5.65 Å². The first-order valence-corrected chi connectivity index (χ1v) is 12.8. The summed E-state index contributed by atoms with van der Waals surface area (Å²) < 4.78 is 52.2. The Kier molecular flexibility index (Phi) is 7.82. The first-order valence-electron chi connectivity index (χ1n) is 12.8. The summed E-state index contributed by atoms with van der Waals surface area (Å²) in [5.74, 6) is 1.03. The number of alkyl halides is 3. The molecule has 1 amide bonds. The Bertz CT molecular complexity index is 1670. The highest BCUT2D eigenvalue weighted by Crippen LogP contribution is 2.33. The Balaban J connectivity index is 1.43. The highest BCUT2D eigenvalue weighted by molar-refractivity contribution is 5.95. The van der Waals surface area contributed by atoms with E-state index in [0.29, 0.717) is 52.0 Å². The van der Waals surface area contributed by atoms with Gasteiger partial charge in [0.05, 0.1) is 30.2 Å². The number of imidazole rings is 1. The quantitative estimate of drug-likeness (QED) is 0.189. The summed E-state index contributed by atoms with van der Waals surface area (Å²) in [6.07, 6.45) is -1.98. The van der Waals surface area contributed by atoms with Gasteiger partial charge in [0.25, 0.3) is 0 Å². The van der Waals surface area contributed by atoms with Crippen LogP contribution in [0.4, 0.5) is 18.9 Å². The number of nitrogens with zero attached hydrogens (tertiary/aromatic N) is 2. The van der Waals surface area contributed by atoms with Gasteiger partial charge in [-0.3, -0.25) is 9.20 Å². The number of primary amides is 1.